The van der Waals surface area contributed by atoms with E-state index in [0.29, 0.717) is 17.3 Å². The lowest BCUT2D eigenvalue weighted by Crippen LogP contribution is -2.32. The summed E-state index contributed by atoms with van der Waals surface area (Å²) in [6.07, 6.45) is 2.02. The number of hydrogen-bond acceptors (Lipinski definition) is 5. The number of halogens is 1. The zero-order valence-electron chi connectivity index (χ0n) is 15.4. The van der Waals surface area contributed by atoms with Gasteiger partial charge < -0.3 is 20.6 Å². The van der Waals surface area contributed by atoms with Crippen molar-refractivity contribution in [3.05, 3.63) is 54.0 Å². The minimum Gasteiger partial charge on any atom is -0.465 e. The Kier molecular flexibility index (Phi) is 4.98. The zero-order valence-corrected chi connectivity index (χ0v) is 15.4. The van der Waals surface area contributed by atoms with E-state index in [0.717, 1.165) is 24.9 Å². The van der Waals surface area contributed by atoms with Gasteiger partial charge in [-0.3, -0.25) is 4.79 Å². The van der Waals surface area contributed by atoms with Gasteiger partial charge in [0.2, 0.25) is 5.91 Å². The predicted molar refractivity (Wildman–Crippen MR) is 103 cm³/mol. The van der Waals surface area contributed by atoms with E-state index in [9.17, 15) is 14.0 Å². The first-order valence-corrected chi connectivity index (χ1v) is 9.15. The predicted octanol–water partition coefficient (Wildman–Crippen LogP) is 2.42. The van der Waals surface area contributed by atoms with Crippen LogP contribution in [0.3, 0.4) is 0 Å². The molecule has 10 heteroatoms. The fourth-order valence-electron chi connectivity index (χ4n) is 3.55. The van der Waals surface area contributed by atoms with Crippen molar-refractivity contribution in [3.63, 3.8) is 0 Å². The molecule has 0 bridgehead atoms. The average Bonchev–Trinajstić information content (AvgIpc) is 3.33. The third-order valence-electron chi connectivity index (χ3n) is 4.80. The van der Waals surface area contributed by atoms with Gasteiger partial charge in [-0.1, -0.05) is 12.1 Å². The second-order valence-electron chi connectivity index (χ2n) is 6.72. The van der Waals surface area contributed by atoms with E-state index in [-0.39, 0.29) is 18.4 Å². The van der Waals surface area contributed by atoms with Gasteiger partial charge in [-0.25, -0.2) is 14.2 Å². The molecule has 0 radical (unpaired) electrons. The molecule has 3 heterocycles. The Hall–Kier alpha value is -3.69. The molecular formula is C19H19FN6O3. The number of rotatable bonds is 5. The Morgan fingerprint density at radius 1 is 1.28 bits per heavy atom. The van der Waals surface area contributed by atoms with E-state index >= 15 is 0 Å². The Bertz CT molecular complexity index is 1070. The smallest absolute Gasteiger partial charge is 0.405 e. The summed E-state index contributed by atoms with van der Waals surface area (Å²) in [6.45, 7) is 0.397. The number of amides is 2. The molecule has 1 unspecified atom stereocenters. The summed E-state index contributed by atoms with van der Waals surface area (Å²) >= 11 is 0. The molecule has 0 saturated carbocycles. The average molecular weight is 398 g/mol. The van der Waals surface area contributed by atoms with Gasteiger partial charge in [-0.05, 0) is 42.7 Å². The van der Waals surface area contributed by atoms with Gasteiger partial charge in [-0.2, -0.15) is 4.52 Å². The molecule has 9 nitrogen and oxygen atoms in total. The molecule has 1 atom stereocenters. The molecule has 1 aromatic carbocycles. The summed E-state index contributed by atoms with van der Waals surface area (Å²) in [5.41, 5.74) is 1.43. The van der Waals surface area contributed by atoms with Gasteiger partial charge in [0.05, 0.1) is 12.2 Å². The molecule has 3 N–H and O–H groups in total. The lowest BCUT2D eigenvalue weighted by Gasteiger charge is -2.26. The van der Waals surface area contributed by atoms with Crippen LogP contribution in [0.5, 0.6) is 0 Å². The number of anilines is 2. The van der Waals surface area contributed by atoms with E-state index in [4.69, 9.17) is 5.11 Å². The van der Waals surface area contributed by atoms with Crippen LogP contribution in [0.25, 0.3) is 5.65 Å². The molecule has 1 aliphatic heterocycles. The SMILES string of the molecule is O=C(O)NCC(=O)Nc1cnc2ccc(N3CCCC3c3cccc(F)c3)nn12. The van der Waals surface area contributed by atoms with Gasteiger partial charge >= 0.3 is 6.09 Å². The molecule has 1 saturated heterocycles. The van der Waals surface area contributed by atoms with Gasteiger partial charge in [0, 0.05) is 6.54 Å². The van der Waals surface area contributed by atoms with Crippen LogP contribution in [0.2, 0.25) is 0 Å². The van der Waals surface area contributed by atoms with Gasteiger partial charge in [0.15, 0.2) is 11.5 Å². The first-order valence-electron chi connectivity index (χ1n) is 9.15. The summed E-state index contributed by atoms with van der Waals surface area (Å²) in [7, 11) is 0. The van der Waals surface area contributed by atoms with Crippen LogP contribution < -0.4 is 15.5 Å². The van der Waals surface area contributed by atoms with Crippen LogP contribution in [-0.2, 0) is 4.79 Å². The van der Waals surface area contributed by atoms with Gasteiger partial charge in [0.25, 0.3) is 0 Å². The lowest BCUT2D eigenvalue weighted by molar-refractivity contribution is -0.115. The van der Waals surface area contributed by atoms with Crippen molar-refractivity contribution in [2.75, 3.05) is 23.3 Å². The molecule has 0 spiro atoms. The first kappa shape index (κ1) is 18.7. The molecular weight excluding hydrogens is 379 g/mol. The minimum absolute atomic E-state index is 0.0111. The highest BCUT2D eigenvalue weighted by Gasteiger charge is 2.28. The van der Waals surface area contributed by atoms with E-state index in [1.165, 1.54) is 16.8 Å². The Labute approximate surface area is 165 Å². The number of fused-ring (bicyclic) bond motifs is 1. The van der Waals surface area contributed by atoms with Crippen molar-refractivity contribution in [2.45, 2.75) is 18.9 Å². The van der Waals surface area contributed by atoms with E-state index in [1.54, 1.807) is 18.2 Å². The van der Waals surface area contributed by atoms with Crippen LogP contribution in [0.4, 0.5) is 20.8 Å². The summed E-state index contributed by atoms with van der Waals surface area (Å²) in [5.74, 6) is 0.217. The normalized spacial score (nSPS) is 16.2. The lowest BCUT2D eigenvalue weighted by atomic mass is 10.0. The molecule has 0 aliphatic carbocycles. The quantitative estimate of drug-likeness (QED) is 0.609. The maximum atomic E-state index is 13.7. The maximum absolute atomic E-state index is 13.7. The Morgan fingerprint density at radius 2 is 2.14 bits per heavy atom. The number of carboxylic acid groups (broad SMARTS) is 1. The minimum atomic E-state index is -1.28. The van der Waals surface area contributed by atoms with E-state index in [1.807, 2.05) is 17.4 Å². The standard InChI is InChI=1S/C19H19FN6O3/c20-13-4-1-3-12(9-13)14-5-2-8-25(14)16-7-6-15-21-10-17(26(15)24-16)23-18(27)11-22-19(28)29/h1,3-4,6-7,9-10,14,22H,2,5,8,11H2,(H,23,27)(H,28,29). The molecule has 150 valence electrons. The molecule has 2 aromatic heterocycles. The fraction of sp³-hybridized carbons (Fsp3) is 0.263. The van der Waals surface area contributed by atoms with Gasteiger partial charge in [0.1, 0.15) is 18.2 Å². The van der Waals surface area contributed by atoms with Crippen molar-refractivity contribution < 1.29 is 19.1 Å². The second kappa shape index (κ2) is 7.74. The highest BCUT2D eigenvalue weighted by molar-refractivity contribution is 5.93. The van der Waals surface area contributed by atoms with Crippen LogP contribution in [0.1, 0.15) is 24.4 Å². The van der Waals surface area contributed by atoms with E-state index in [2.05, 4.69) is 20.3 Å². The number of carbonyl (C=O) groups is 2. The van der Waals surface area contributed by atoms with Crippen LogP contribution in [0, 0.1) is 5.82 Å². The topological polar surface area (TPSA) is 112 Å². The number of aromatic nitrogens is 3. The number of imidazole rings is 1. The van der Waals surface area contributed by atoms with E-state index < -0.39 is 12.0 Å². The highest BCUT2D eigenvalue weighted by Crippen LogP contribution is 2.35. The maximum Gasteiger partial charge on any atom is 0.405 e. The third kappa shape index (κ3) is 3.96. The van der Waals surface area contributed by atoms with Crippen molar-refractivity contribution in [1.29, 1.82) is 0 Å². The summed E-state index contributed by atoms with van der Waals surface area (Å²) < 4.78 is 15.2. The number of nitrogens with one attached hydrogen (secondary N) is 2. The Balaban J connectivity index is 1.59. The largest absolute Gasteiger partial charge is 0.465 e. The first-order chi connectivity index (χ1) is 14.0. The Morgan fingerprint density at radius 3 is 2.93 bits per heavy atom. The fourth-order valence-corrected chi connectivity index (χ4v) is 3.55. The molecule has 1 fully saturated rings. The molecule has 3 aromatic rings. The van der Waals surface area contributed by atoms with Crippen LogP contribution in [-0.4, -0.2) is 44.8 Å². The molecule has 1 aliphatic rings. The highest BCUT2D eigenvalue weighted by atomic mass is 19.1. The molecule has 2 amide bonds. The number of benzene rings is 1. The van der Waals surface area contributed by atoms with Crippen molar-refractivity contribution in [2.24, 2.45) is 0 Å². The van der Waals surface area contributed by atoms with Crippen molar-refractivity contribution in [1.82, 2.24) is 19.9 Å². The number of nitrogens with zero attached hydrogens (tertiary/aromatic N) is 4. The van der Waals surface area contributed by atoms with Crippen LogP contribution in [0.15, 0.2) is 42.6 Å². The molecule has 4 rings (SSSR count). The molecule has 29 heavy (non-hydrogen) atoms. The third-order valence-corrected chi connectivity index (χ3v) is 4.80. The summed E-state index contributed by atoms with van der Waals surface area (Å²) in [6, 6.07) is 10.2. The summed E-state index contributed by atoms with van der Waals surface area (Å²) in [4.78, 5) is 28.8. The van der Waals surface area contributed by atoms with Crippen molar-refractivity contribution in [3.8, 4) is 0 Å². The zero-order chi connectivity index (χ0) is 20.4. The number of hydrogen-bond donors (Lipinski definition) is 3. The summed E-state index contributed by atoms with van der Waals surface area (Å²) in [5, 5.41) is 17.8. The second-order valence-corrected chi connectivity index (χ2v) is 6.72. The monoisotopic (exact) mass is 398 g/mol. The van der Waals surface area contributed by atoms with Crippen LogP contribution >= 0.6 is 0 Å². The van der Waals surface area contributed by atoms with Gasteiger partial charge in [-0.15, -0.1) is 5.10 Å². The van der Waals surface area contributed by atoms with Crippen molar-refractivity contribution >= 4 is 29.3 Å². The number of carbonyl (C=O) groups excluding carboxylic acids is 1.